The normalized spacial score (nSPS) is 16.3. The zero-order valence-corrected chi connectivity index (χ0v) is 12.8. The summed E-state index contributed by atoms with van der Waals surface area (Å²) in [6, 6.07) is 0. The topological polar surface area (TPSA) is 88.3 Å². The molecule has 0 spiro atoms. The molecule has 0 unspecified atom stereocenters. The lowest BCUT2D eigenvalue weighted by atomic mass is 9.95. The lowest BCUT2D eigenvalue weighted by Crippen LogP contribution is -2.44. The van der Waals surface area contributed by atoms with Gasteiger partial charge >= 0.3 is 0 Å². The summed E-state index contributed by atoms with van der Waals surface area (Å²) >= 11 is 0. The number of likely N-dealkylation sites (tertiary alicyclic amines) is 1. The first-order valence-corrected chi connectivity index (χ1v) is 7.33. The molecule has 1 aliphatic heterocycles. The van der Waals surface area contributed by atoms with E-state index < -0.39 is 0 Å². The van der Waals surface area contributed by atoms with Crippen molar-refractivity contribution >= 4 is 11.8 Å². The van der Waals surface area contributed by atoms with Crippen LogP contribution in [0, 0.1) is 18.8 Å². The molecule has 0 aromatic carbocycles. The third kappa shape index (κ3) is 4.03. The first kappa shape index (κ1) is 15.5. The van der Waals surface area contributed by atoms with Crippen molar-refractivity contribution in [3.8, 4) is 0 Å². The first-order chi connectivity index (χ1) is 9.97. The number of carbonyl (C=O) groups excluding carboxylic acids is 2. The number of hydrogen-bond acceptors (Lipinski definition) is 5. The maximum Gasteiger partial charge on any atom is 0.246 e. The van der Waals surface area contributed by atoms with Crippen LogP contribution in [-0.2, 0) is 16.1 Å². The molecule has 0 atom stereocenters. The highest BCUT2D eigenvalue weighted by Crippen LogP contribution is 2.19. The highest BCUT2D eigenvalue weighted by Gasteiger charge is 2.28. The van der Waals surface area contributed by atoms with Crippen LogP contribution in [0.25, 0.3) is 0 Å². The zero-order valence-electron chi connectivity index (χ0n) is 12.8. The number of aromatic nitrogens is 2. The third-order valence-corrected chi connectivity index (χ3v) is 3.65. The quantitative estimate of drug-likeness (QED) is 0.891. The van der Waals surface area contributed by atoms with E-state index in [4.69, 9.17) is 4.52 Å². The van der Waals surface area contributed by atoms with Gasteiger partial charge in [-0.15, -0.1) is 0 Å². The Labute approximate surface area is 124 Å². The smallest absolute Gasteiger partial charge is 0.246 e. The summed E-state index contributed by atoms with van der Waals surface area (Å²) in [4.78, 5) is 29.8. The fourth-order valence-electron chi connectivity index (χ4n) is 2.45. The molecule has 2 heterocycles. The summed E-state index contributed by atoms with van der Waals surface area (Å²) in [5.74, 6) is 1.08. The van der Waals surface area contributed by atoms with E-state index in [-0.39, 0.29) is 30.2 Å². The van der Waals surface area contributed by atoms with Crippen molar-refractivity contribution < 1.29 is 14.1 Å². The number of hydrogen-bond donors (Lipinski definition) is 1. The van der Waals surface area contributed by atoms with Gasteiger partial charge in [-0.05, 0) is 19.8 Å². The Morgan fingerprint density at radius 3 is 2.57 bits per heavy atom. The second-order valence-electron chi connectivity index (χ2n) is 5.71. The Balaban J connectivity index is 1.76. The minimum absolute atomic E-state index is 0.0103. The van der Waals surface area contributed by atoms with Gasteiger partial charge in [0.05, 0.1) is 6.54 Å². The molecule has 1 saturated heterocycles. The number of nitrogens with zero attached hydrogens (tertiary/aromatic N) is 3. The van der Waals surface area contributed by atoms with E-state index in [0.29, 0.717) is 37.6 Å². The van der Waals surface area contributed by atoms with E-state index in [9.17, 15) is 9.59 Å². The number of aryl methyl sites for hydroxylation is 1. The van der Waals surface area contributed by atoms with Gasteiger partial charge in [0.25, 0.3) is 0 Å². The summed E-state index contributed by atoms with van der Waals surface area (Å²) in [7, 11) is 0. The van der Waals surface area contributed by atoms with Crippen molar-refractivity contribution in [3.63, 3.8) is 0 Å². The summed E-state index contributed by atoms with van der Waals surface area (Å²) in [5, 5.41) is 6.48. The van der Waals surface area contributed by atoms with Gasteiger partial charge < -0.3 is 14.7 Å². The van der Waals surface area contributed by atoms with Crippen molar-refractivity contribution in [3.05, 3.63) is 11.7 Å². The summed E-state index contributed by atoms with van der Waals surface area (Å²) in [5.41, 5.74) is 0. The van der Waals surface area contributed by atoms with Crippen LogP contribution in [0.2, 0.25) is 0 Å². The molecule has 1 fully saturated rings. The predicted molar refractivity (Wildman–Crippen MR) is 75.0 cm³/mol. The van der Waals surface area contributed by atoms with Crippen LogP contribution in [0.3, 0.4) is 0 Å². The molecule has 1 aliphatic rings. The molecular formula is C14H22N4O3. The van der Waals surface area contributed by atoms with Crippen LogP contribution in [0.15, 0.2) is 4.52 Å². The maximum absolute atomic E-state index is 12.1. The molecule has 7 nitrogen and oxygen atoms in total. The van der Waals surface area contributed by atoms with Crippen molar-refractivity contribution in [2.24, 2.45) is 11.8 Å². The lowest BCUT2D eigenvalue weighted by Gasteiger charge is -2.32. The zero-order chi connectivity index (χ0) is 15.4. The molecule has 2 rings (SSSR count). The van der Waals surface area contributed by atoms with E-state index in [1.807, 2.05) is 18.7 Å². The van der Waals surface area contributed by atoms with Gasteiger partial charge in [0, 0.05) is 24.9 Å². The van der Waals surface area contributed by atoms with Gasteiger partial charge in [-0.3, -0.25) is 9.59 Å². The van der Waals surface area contributed by atoms with Crippen molar-refractivity contribution in [2.45, 2.75) is 40.2 Å². The molecule has 0 saturated carbocycles. The molecule has 0 bridgehead atoms. The van der Waals surface area contributed by atoms with Gasteiger partial charge in [0.2, 0.25) is 17.7 Å². The highest BCUT2D eigenvalue weighted by atomic mass is 16.5. The van der Waals surface area contributed by atoms with E-state index in [0.717, 1.165) is 0 Å². The van der Waals surface area contributed by atoms with Gasteiger partial charge in [0.15, 0.2) is 5.82 Å². The number of nitrogens with one attached hydrogen (secondary N) is 1. The van der Waals surface area contributed by atoms with E-state index >= 15 is 0 Å². The largest absolute Gasteiger partial charge is 0.347 e. The minimum Gasteiger partial charge on any atom is -0.347 e. The van der Waals surface area contributed by atoms with E-state index in [2.05, 4.69) is 15.5 Å². The molecule has 2 amide bonds. The van der Waals surface area contributed by atoms with Crippen LogP contribution in [0.1, 0.15) is 38.4 Å². The van der Waals surface area contributed by atoms with Crippen molar-refractivity contribution in [1.82, 2.24) is 20.4 Å². The molecule has 1 aromatic heterocycles. The second-order valence-corrected chi connectivity index (χ2v) is 5.71. The van der Waals surface area contributed by atoms with E-state index in [1.165, 1.54) is 0 Å². The van der Waals surface area contributed by atoms with E-state index in [1.54, 1.807) is 6.92 Å². The van der Waals surface area contributed by atoms with Gasteiger partial charge in [-0.2, -0.15) is 4.98 Å². The molecule has 7 heteroatoms. The SMILES string of the molecule is Cc1noc(CNC(=O)C2CCN(C(=O)C(C)C)CC2)n1. The van der Waals surface area contributed by atoms with Crippen molar-refractivity contribution in [2.75, 3.05) is 13.1 Å². The standard InChI is InChI=1S/C14H22N4O3/c1-9(2)14(20)18-6-4-11(5-7-18)13(19)15-8-12-16-10(3)17-21-12/h9,11H,4-8H2,1-3H3,(H,15,19). The average molecular weight is 294 g/mol. The Hall–Kier alpha value is -1.92. The monoisotopic (exact) mass is 294 g/mol. The molecule has 0 aliphatic carbocycles. The Bertz CT molecular complexity index is 504. The van der Waals surface area contributed by atoms with Gasteiger partial charge in [-0.1, -0.05) is 19.0 Å². The summed E-state index contributed by atoms with van der Waals surface area (Å²) in [6.45, 7) is 7.08. The molecular weight excluding hydrogens is 272 g/mol. The molecule has 1 N–H and O–H groups in total. The average Bonchev–Trinajstić information content (AvgIpc) is 2.89. The number of amides is 2. The van der Waals surface area contributed by atoms with Crippen LogP contribution < -0.4 is 5.32 Å². The number of piperidine rings is 1. The van der Waals surface area contributed by atoms with Crippen LogP contribution >= 0.6 is 0 Å². The first-order valence-electron chi connectivity index (χ1n) is 7.33. The summed E-state index contributed by atoms with van der Waals surface area (Å²) < 4.78 is 4.95. The number of carbonyl (C=O) groups is 2. The molecule has 116 valence electrons. The Kier molecular flexibility index (Phi) is 4.93. The maximum atomic E-state index is 12.1. The predicted octanol–water partition coefficient (Wildman–Crippen LogP) is 0.889. The van der Waals surface area contributed by atoms with Crippen LogP contribution in [-0.4, -0.2) is 39.9 Å². The van der Waals surface area contributed by atoms with Crippen molar-refractivity contribution in [1.29, 1.82) is 0 Å². The molecule has 1 aromatic rings. The van der Waals surface area contributed by atoms with Gasteiger partial charge in [0.1, 0.15) is 0 Å². The third-order valence-electron chi connectivity index (χ3n) is 3.65. The Morgan fingerprint density at radius 1 is 1.38 bits per heavy atom. The van der Waals surface area contributed by atoms with Crippen LogP contribution in [0.4, 0.5) is 0 Å². The molecule has 21 heavy (non-hydrogen) atoms. The Morgan fingerprint density at radius 2 is 2.05 bits per heavy atom. The highest BCUT2D eigenvalue weighted by molar-refractivity contribution is 5.80. The fourth-order valence-corrected chi connectivity index (χ4v) is 2.45. The number of rotatable bonds is 4. The minimum atomic E-state index is -0.0507. The fraction of sp³-hybridized carbons (Fsp3) is 0.714. The molecule has 0 radical (unpaired) electrons. The second kappa shape index (κ2) is 6.69. The summed E-state index contributed by atoms with van der Waals surface area (Å²) in [6.07, 6.45) is 1.40. The van der Waals surface area contributed by atoms with Crippen LogP contribution in [0.5, 0.6) is 0 Å². The lowest BCUT2D eigenvalue weighted by molar-refractivity contribution is -0.138. The van der Waals surface area contributed by atoms with Gasteiger partial charge in [-0.25, -0.2) is 0 Å².